The molecule has 0 amide bonds. The normalized spacial score (nSPS) is 11.0. The summed E-state index contributed by atoms with van der Waals surface area (Å²) in [5.41, 5.74) is 1.24. The molecule has 108 valence electrons. The Labute approximate surface area is 119 Å². The lowest BCUT2D eigenvalue weighted by Crippen LogP contribution is -2.24. The molecule has 0 fully saturated rings. The number of ether oxygens (including phenoxy) is 1. The number of aromatic nitrogens is 4. The minimum Gasteiger partial charge on any atom is -0.497 e. The van der Waals surface area contributed by atoms with E-state index in [1.807, 2.05) is 16.8 Å². The van der Waals surface area contributed by atoms with Crippen LogP contribution in [0, 0.1) is 0 Å². The van der Waals surface area contributed by atoms with Gasteiger partial charge in [-0.3, -0.25) is 0 Å². The lowest BCUT2D eigenvalue weighted by atomic mass is 10.1. The average Bonchev–Trinajstić information content (AvgIpc) is 2.91. The van der Waals surface area contributed by atoms with Crippen molar-refractivity contribution in [3.05, 3.63) is 35.7 Å². The lowest BCUT2D eigenvalue weighted by molar-refractivity contribution is 0.414. The molecule has 0 aliphatic rings. The van der Waals surface area contributed by atoms with E-state index in [-0.39, 0.29) is 0 Å². The summed E-state index contributed by atoms with van der Waals surface area (Å²) in [6, 6.07) is 8.48. The van der Waals surface area contributed by atoms with Crippen LogP contribution in [0.1, 0.15) is 25.2 Å². The minimum atomic E-state index is 0.418. The van der Waals surface area contributed by atoms with Gasteiger partial charge in [-0.15, -0.1) is 5.10 Å². The summed E-state index contributed by atoms with van der Waals surface area (Å²) < 4.78 is 6.99. The summed E-state index contributed by atoms with van der Waals surface area (Å²) >= 11 is 0. The van der Waals surface area contributed by atoms with Crippen LogP contribution in [0.5, 0.6) is 5.75 Å². The summed E-state index contributed by atoms with van der Waals surface area (Å²) in [5, 5.41) is 15.1. The fourth-order valence-corrected chi connectivity index (χ4v) is 1.85. The van der Waals surface area contributed by atoms with Crippen molar-refractivity contribution in [2.45, 2.75) is 39.4 Å². The maximum absolute atomic E-state index is 5.15. The first-order valence-electron chi connectivity index (χ1n) is 6.80. The van der Waals surface area contributed by atoms with Gasteiger partial charge in [-0.05, 0) is 34.5 Å². The van der Waals surface area contributed by atoms with Crippen molar-refractivity contribution in [3.63, 3.8) is 0 Å². The predicted octanol–water partition coefficient (Wildman–Crippen LogP) is 1.42. The number of nitrogens with zero attached hydrogens (tertiary/aromatic N) is 4. The van der Waals surface area contributed by atoms with Gasteiger partial charge in [0.1, 0.15) is 5.75 Å². The van der Waals surface area contributed by atoms with Gasteiger partial charge in [-0.25, -0.2) is 4.68 Å². The predicted molar refractivity (Wildman–Crippen MR) is 76.5 cm³/mol. The molecule has 0 saturated heterocycles. The molecule has 2 aromatic rings. The molecule has 0 saturated carbocycles. The molecule has 0 atom stereocenters. The van der Waals surface area contributed by atoms with Gasteiger partial charge in [0.25, 0.3) is 0 Å². The Hall–Kier alpha value is -1.95. The Morgan fingerprint density at radius 1 is 1.25 bits per heavy atom. The zero-order valence-electron chi connectivity index (χ0n) is 12.2. The van der Waals surface area contributed by atoms with E-state index in [1.165, 1.54) is 5.56 Å². The van der Waals surface area contributed by atoms with Crippen LogP contribution in [0.3, 0.4) is 0 Å². The third-order valence-corrected chi connectivity index (χ3v) is 3.05. The van der Waals surface area contributed by atoms with Crippen molar-refractivity contribution in [2.75, 3.05) is 7.11 Å². The van der Waals surface area contributed by atoms with Crippen molar-refractivity contribution < 1.29 is 4.74 Å². The molecular weight excluding hydrogens is 254 g/mol. The lowest BCUT2D eigenvalue weighted by Gasteiger charge is -2.08. The second-order valence-electron chi connectivity index (χ2n) is 4.95. The summed E-state index contributed by atoms with van der Waals surface area (Å²) in [7, 11) is 1.67. The summed E-state index contributed by atoms with van der Waals surface area (Å²) in [6.07, 6.45) is 0.893. The molecule has 1 aromatic heterocycles. The molecule has 20 heavy (non-hydrogen) atoms. The van der Waals surface area contributed by atoms with E-state index in [9.17, 15) is 0 Å². The molecule has 1 aromatic carbocycles. The number of benzene rings is 1. The Bertz CT molecular complexity index is 521. The van der Waals surface area contributed by atoms with Gasteiger partial charge in [-0.1, -0.05) is 26.0 Å². The summed E-state index contributed by atoms with van der Waals surface area (Å²) in [4.78, 5) is 0. The quantitative estimate of drug-likeness (QED) is 0.828. The highest BCUT2D eigenvalue weighted by atomic mass is 16.5. The second-order valence-corrected chi connectivity index (χ2v) is 4.95. The molecule has 0 bridgehead atoms. The summed E-state index contributed by atoms with van der Waals surface area (Å²) in [5.74, 6) is 1.74. The topological polar surface area (TPSA) is 64.9 Å². The molecule has 6 nitrogen and oxygen atoms in total. The molecule has 0 unspecified atom stereocenters. The number of hydrogen-bond acceptors (Lipinski definition) is 5. The van der Waals surface area contributed by atoms with Gasteiger partial charge in [0, 0.05) is 12.6 Å². The van der Waals surface area contributed by atoms with E-state index in [0.717, 1.165) is 24.5 Å². The maximum atomic E-state index is 5.15. The van der Waals surface area contributed by atoms with Gasteiger partial charge in [-0.2, -0.15) is 0 Å². The highest BCUT2D eigenvalue weighted by Crippen LogP contribution is 2.12. The van der Waals surface area contributed by atoms with E-state index < -0.39 is 0 Å². The molecule has 6 heteroatoms. The third kappa shape index (κ3) is 4.03. The van der Waals surface area contributed by atoms with Crippen molar-refractivity contribution >= 4 is 0 Å². The van der Waals surface area contributed by atoms with Crippen molar-refractivity contribution in [2.24, 2.45) is 0 Å². The molecule has 0 radical (unpaired) electrons. The van der Waals surface area contributed by atoms with Crippen LogP contribution < -0.4 is 10.1 Å². The van der Waals surface area contributed by atoms with E-state index in [0.29, 0.717) is 12.6 Å². The Balaban J connectivity index is 1.91. The first kappa shape index (κ1) is 14.5. The monoisotopic (exact) mass is 275 g/mol. The Morgan fingerprint density at radius 2 is 2.00 bits per heavy atom. The van der Waals surface area contributed by atoms with Crippen LogP contribution in [0.2, 0.25) is 0 Å². The zero-order chi connectivity index (χ0) is 14.4. The Kier molecular flexibility index (Phi) is 5.06. The minimum absolute atomic E-state index is 0.418. The van der Waals surface area contributed by atoms with Gasteiger partial charge in [0.2, 0.25) is 0 Å². The van der Waals surface area contributed by atoms with E-state index in [2.05, 4.69) is 46.8 Å². The van der Waals surface area contributed by atoms with Crippen LogP contribution in [0.25, 0.3) is 0 Å². The largest absolute Gasteiger partial charge is 0.497 e. The van der Waals surface area contributed by atoms with Gasteiger partial charge >= 0.3 is 0 Å². The number of aryl methyl sites for hydroxylation is 2. The highest BCUT2D eigenvalue weighted by molar-refractivity contribution is 5.27. The van der Waals surface area contributed by atoms with Crippen LogP contribution >= 0.6 is 0 Å². The van der Waals surface area contributed by atoms with Crippen molar-refractivity contribution in [3.8, 4) is 5.75 Å². The fourth-order valence-electron chi connectivity index (χ4n) is 1.85. The molecule has 0 aliphatic heterocycles. The number of hydrogen-bond donors (Lipinski definition) is 1. The van der Waals surface area contributed by atoms with Crippen LogP contribution in [-0.2, 0) is 19.5 Å². The molecule has 1 heterocycles. The van der Waals surface area contributed by atoms with Crippen molar-refractivity contribution in [1.82, 2.24) is 25.5 Å². The van der Waals surface area contributed by atoms with E-state index in [1.54, 1.807) is 7.11 Å². The molecular formula is C14H21N5O. The van der Waals surface area contributed by atoms with Gasteiger partial charge in [0.05, 0.1) is 13.7 Å². The fraction of sp³-hybridized carbons (Fsp3) is 0.500. The van der Waals surface area contributed by atoms with Crippen LogP contribution in [0.4, 0.5) is 0 Å². The first-order valence-corrected chi connectivity index (χ1v) is 6.80. The maximum Gasteiger partial charge on any atom is 0.165 e. The van der Waals surface area contributed by atoms with Gasteiger partial charge < -0.3 is 10.1 Å². The zero-order valence-corrected chi connectivity index (χ0v) is 12.2. The van der Waals surface area contributed by atoms with E-state index in [4.69, 9.17) is 4.74 Å². The molecule has 2 rings (SSSR count). The summed E-state index contributed by atoms with van der Waals surface area (Å²) in [6.45, 7) is 5.67. The second kappa shape index (κ2) is 7.00. The number of rotatable bonds is 7. The van der Waals surface area contributed by atoms with Crippen molar-refractivity contribution in [1.29, 1.82) is 0 Å². The highest BCUT2D eigenvalue weighted by Gasteiger charge is 2.06. The number of nitrogens with one attached hydrogen (secondary N) is 1. The first-order chi connectivity index (χ1) is 9.69. The van der Waals surface area contributed by atoms with Crippen LogP contribution in [-0.4, -0.2) is 33.4 Å². The Morgan fingerprint density at radius 3 is 2.65 bits per heavy atom. The molecule has 0 spiro atoms. The van der Waals surface area contributed by atoms with Crippen LogP contribution in [0.15, 0.2) is 24.3 Å². The van der Waals surface area contributed by atoms with Gasteiger partial charge in [0.15, 0.2) is 5.82 Å². The third-order valence-electron chi connectivity index (χ3n) is 3.05. The van der Waals surface area contributed by atoms with E-state index >= 15 is 0 Å². The SMILES string of the molecule is COc1ccc(CCn2nnnc2CNC(C)C)cc1. The number of tetrazole rings is 1. The molecule has 1 N–H and O–H groups in total. The standard InChI is InChI=1S/C14H21N5O/c1-11(2)15-10-14-16-17-18-19(14)9-8-12-4-6-13(20-3)7-5-12/h4-7,11,15H,8-10H2,1-3H3. The molecule has 0 aliphatic carbocycles. The average molecular weight is 275 g/mol. The number of methoxy groups -OCH3 is 1. The smallest absolute Gasteiger partial charge is 0.165 e.